The van der Waals surface area contributed by atoms with Crippen LogP contribution in [0.15, 0.2) is 65.8 Å². The summed E-state index contributed by atoms with van der Waals surface area (Å²) >= 11 is 0. The first-order valence-corrected chi connectivity index (χ1v) is 11.1. The molecule has 1 aromatic heterocycles. The van der Waals surface area contributed by atoms with Gasteiger partial charge in [0.15, 0.2) is 5.82 Å². The van der Waals surface area contributed by atoms with Gasteiger partial charge in [-0.25, -0.2) is 9.78 Å². The molecule has 6 nitrogen and oxygen atoms in total. The number of aryl methyl sites for hydroxylation is 1. The molecule has 1 aliphatic carbocycles. The number of ether oxygens (including phenoxy) is 1. The predicted molar refractivity (Wildman–Crippen MR) is 128 cm³/mol. The number of nitrogens with one attached hydrogen (secondary N) is 1. The van der Waals surface area contributed by atoms with Crippen LogP contribution in [0.2, 0.25) is 0 Å². The zero-order valence-electron chi connectivity index (χ0n) is 19.1. The van der Waals surface area contributed by atoms with Crippen LogP contribution in [-0.4, -0.2) is 17.0 Å². The fourth-order valence-corrected chi connectivity index (χ4v) is 4.04. The Bertz CT molecular complexity index is 1220. The van der Waals surface area contributed by atoms with E-state index in [0.29, 0.717) is 17.9 Å². The smallest absolute Gasteiger partial charge is 0.242 e. The molecule has 1 heterocycles. The van der Waals surface area contributed by atoms with Gasteiger partial charge in [-0.15, -0.1) is 4.99 Å². The van der Waals surface area contributed by atoms with Crippen LogP contribution in [0.5, 0.6) is 11.5 Å². The summed E-state index contributed by atoms with van der Waals surface area (Å²) < 4.78 is 5.94. The molecule has 1 amide bonds. The number of pyridine rings is 1. The number of aliphatic imine (C=N–C) groups is 1. The molecule has 1 atom stereocenters. The number of amides is 1. The van der Waals surface area contributed by atoms with Crippen molar-refractivity contribution >= 4 is 23.5 Å². The first kappa shape index (κ1) is 22.4. The minimum absolute atomic E-state index is 0.0239. The molecule has 4 rings (SSSR count). The lowest BCUT2D eigenvalue weighted by Crippen LogP contribution is -2.28. The molecule has 6 heteroatoms. The quantitative estimate of drug-likeness (QED) is 0.396. The molecule has 1 aliphatic rings. The van der Waals surface area contributed by atoms with Gasteiger partial charge in [-0.1, -0.05) is 39.0 Å². The first-order valence-electron chi connectivity index (χ1n) is 11.1. The summed E-state index contributed by atoms with van der Waals surface area (Å²) in [5.74, 6) is 1.39. The lowest BCUT2D eigenvalue weighted by atomic mass is 9.83. The Balaban J connectivity index is 1.46. The Kier molecular flexibility index (Phi) is 6.38. The van der Waals surface area contributed by atoms with E-state index in [-0.39, 0.29) is 23.1 Å². The maximum atomic E-state index is 13.0. The van der Waals surface area contributed by atoms with E-state index in [1.807, 2.05) is 24.3 Å². The summed E-state index contributed by atoms with van der Waals surface area (Å²) in [7, 11) is 0. The molecule has 3 aromatic rings. The van der Waals surface area contributed by atoms with Gasteiger partial charge in [-0.2, -0.15) is 0 Å². The molecule has 1 N–H and O–H groups in total. The lowest BCUT2D eigenvalue weighted by Gasteiger charge is -2.25. The second-order valence-corrected chi connectivity index (χ2v) is 9.35. The Hall–Kier alpha value is -3.76. The van der Waals surface area contributed by atoms with Crippen molar-refractivity contribution in [2.75, 3.05) is 5.32 Å². The molecule has 0 saturated heterocycles. The third-order valence-corrected chi connectivity index (χ3v) is 5.89. The van der Waals surface area contributed by atoms with Crippen LogP contribution in [0.4, 0.5) is 11.5 Å². The molecule has 0 radical (unpaired) electrons. The van der Waals surface area contributed by atoms with Crippen molar-refractivity contribution in [1.82, 2.24) is 4.98 Å². The highest BCUT2D eigenvalue weighted by Crippen LogP contribution is 2.32. The Labute approximate surface area is 193 Å². The van der Waals surface area contributed by atoms with Crippen molar-refractivity contribution in [2.24, 2.45) is 10.9 Å². The fourth-order valence-electron chi connectivity index (χ4n) is 4.04. The van der Waals surface area contributed by atoms with E-state index in [1.165, 1.54) is 23.4 Å². The maximum absolute atomic E-state index is 13.0. The van der Waals surface area contributed by atoms with Crippen LogP contribution >= 0.6 is 0 Å². The second-order valence-electron chi connectivity index (χ2n) is 9.35. The summed E-state index contributed by atoms with van der Waals surface area (Å²) in [6.45, 7) is 6.48. The summed E-state index contributed by atoms with van der Waals surface area (Å²) in [5.41, 5.74) is 4.40. The van der Waals surface area contributed by atoms with Gasteiger partial charge in [0.2, 0.25) is 12.0 Å². The van der Waals surface area contributed by atoms with E-state index in [1.54, 1.807) is 12.1 Å². The molecule has 1 unspecified atom stereocenters. The SMILES string of the molecule is CC(C)(C)c1cccc(NC(=O)C2CCc3ccc(Oc4ccnc(N=C=O)c4)cc3C2)c1. The van der Waals surface area contributed by atoms with E-state index < -0.39 is 0 Å². The number of aromatic nitrogens is 1. The van der Waals surface area contributed by atoms with Gasteiger partial charge in [0.1, 0.15) is 11.5 Å². The first-order chi connectivity index (χ1) is 15.8. The molecular weight excluding hydrogens is 414 g/mol. The third-order valence-electron chi connectivity index (χ3n) is 5.89. The van der Waals surface area contributed by atoms with Crippen molar-refractivity contribution in [3.05, 3.63) is 77.5 Å². The van der Waals surface area contributed by atoms with Crippen molar-refractivity contribution in [3.63, 3.8) is 0 Å². The molecule has 0 bridgehead atoms. The van der Waals surface area contributed by atoms with Gasteiger partial charge in [-0.3, -0.25) is 4.79 Å². The van der Waals surface area contributed by atoms with Gasteiger partial charge in [-0.05, 0) is 71.7 Å². The van der Waals surface area contributed by atoms with E-state index in [2.05, 4.69) is 54.3 Å². The Morgan fingerprint density at radius 1 is 1.09 bits per heavy atom. The van der Waals surface area contributed by atoms with Gasteiger partial charge < -0.3 is 10.1 Å². The molecule has 0 spiro atoms. The van der Waals surface area contributed by atoms with Crippen LogP contribution in [0.3, 0.4) is 0 Å². The standard InChI is InChI=1S/C27H27N3O3/c1-27(2,3)21-5-4-6-22(15-21)30-26(32)19-8-7-18-9-10-23(14-20(18)13-19)33-24-11-12-28-25(16-24)29-17-31/h4-6,9-12,14-16,19H,7-8,13H2,1-3H3,(H,30,32). The van der Waals surface area contributed by atoms with Crippen LogP contribution < -0.4 is 10.1 Å². The number of benzene rings is 2. The maximum Gasteiger partial charge on any atom is 0.242 e. The largest absolute Gasteiger partial charge is 0.457 e. The van der Waals surface area contributed by atoms with Crippen LogP contribution in [0, 0.1) is 5.92 Å². The molecule has 2 aromatic carbocycles. The zero-order valence-corrected chi connectivity index (χ0v) is 19.1. The van der Waals surface area contributed by atoms with E-state index in [0.717, 1.165) is 24.1 Å². The highest BCUT2D eigenvalue weighted by Gasteiger charge is 2.25. The summed E-state index contributed by atoms with van der Waals surface area (Å²) in [4.78, 5) is 31.0. The van der Waals surface area contributed by atoms with Crippen LogP contribution in [-0.2, 0) is 27.8 Å². The average molecular weight is 442 g/mol. The number of carbonyl (C=O) groups is 1. The summed E-state index contributed by atoms with van der Waals surface area (Å²) in [6, 6.07) is 17.3. The van der Waals surface area contributed by atoms with Gasteiger partial charge >= 0.3 is 0 Å². The predicted octanol–water partition coefficient (Wildman–Crippen LogP) is 5.88. The van der Waals surface area contributed by atoms with E-state index in [4.69, 9.17) is 4.74 Å². The normalized spacial score (nSPS) is 15.2. The topological polar surface area (TPSA) is 80.7 Å². The number of hydrogen-bond acceptors (Lipinski definition) is 5. The fraction of sp³-hybridized carbons (Fsp3) is 0.296. The Morgan fingerprint density at radius 2 is 1.91 bits per heavy atom. The average Bonchev–Trinajstić information content (AvgIpc) is 2.79. The van der Waals surface area contributed by atoms with Crippen molar-refractivity contribution in [3.8, 4) is 11.5 Å². The molecular formula is C27H27N3O3. The number of nitrogens with zero attached hydrogens (tertiary/aromatic N) is 2. The summed E-state index contributed by atoms with van der Waals surface area (Å²) in [5, 5.41) is 3.11. The number of isocyanates is 1. The van der Waals surface area contributed by atoms with Crippen molar-refractivity contribution in [2.45, 2.75) is 45.4 Å². The van der Waals surface area contributed by atoms with Crippen molar-refractivity contribution in [1.29, 1.82) is 0 Å². The van der Waals surface area contributed by atoms with Crippen molar-refractivity contribution < 1.29 is 14.3 Å². The third kappa shape index (κ3) is 5.54. The summed E-state index contributed by atoms with van der Waals surface area (Å²) in [6.07, 6.45) is 5.33. The number of fused-ring (bicyclic) bond motifs is 1. The molecule has 0 aliphatic heterocycles. The van der Waals surface area contributed by atoms with Crippen LogP contribution in [0.25, 0.3) is 0 Å². The molecule has 0 fully saturated rings. The molecule has 168 valence electrons. The molecule has 0 saturated carbocycles. The van der Waals surface area contributed by atoms with Gasteiger partial charge in [0.25, 0.3) is 0 Å². The number of carbonyl (C=O) groups excluding carboxylic acids is 2. The zero-order chi connectivity index (χ0) is 23.4. The van der Waals surface area contributed by atoms with Gasteiger partial charge in [0, 0.05) is 23.9 Å². The van der Waals surface area contributed by atoms with E-state index >= 15 is 0 Å². The number of anilines is 1. The van der Waals surface area contributed by atoms with Crippen LogP contribution in [0.1, 0.15) is 43.9 Å². The number of hydrogen-bond donors (Lipinski definition) is 1. The molecule has 33 heavy (non-hydrogen) atoms. The van der Waals surface area contributed by atoms with Gasteiger partial charge in [0.05, 0.1) is 0 Å². The minimum Gasteiger partial charge on any atom is -0.457 e. The highest BCUT2D eigenvalue weighted by molar-refractivity contribution is 5.93. The minimum atomic E-state index is -0.0968. The highest BCUT2D eigenvalue weighted by atomic mass is 16.5. The monoisotopic (exact) mass is 441 g/mol. The number of rotatable bonds is 5. The van der Waals surface area contributed by atoms with E-state index in [9.17, 15) is 9.59 Å². The Morgan fingerprint density at radius 3 is 2.70 bits per heavy atom. The lowest BCUT2D eigenvalue weighted by molar-refractivity contribution is -0.120. The second kappa shape index (κ2) is 9.39.